The maximum Gasteiger partial charge on any atom is 0.306 e. The lowest BCUT2D eigenvalue weighted by molar-refractivity contribution is -0.167. The number of allylic oxidation sites excluding steroid dienone is 36. The molecule has 0 N–H and O–H groups in total. The van der Waals surface area contributed by atoms with Crippen molar-refractivity contribution in [2.45, 2.75) is 232 Å². The van der Waals surface area contributed by atoms with Crippen molar-refractivity contribution in [3.8, 4) is 0 Å². The first-order chi connectivity index (χ1) is 41.0. The molecule has 0 aromatic carbocycles. The van der Waals surface area contributed by atoms with E-state index in [1.165, 1.54) is 0 Å². The standard InChI is InChI=1S/C77H114O6/c1-4-7-10-13-16-19-22-25-28-31-33-35-36-37-38-39-40-42-43-46-49-52-55-58-61-64-67-70-76(79)82-73-74(72-81-75(78)69-66-63-60-57-54-51-48-45-30-27-24-21-18-15-12-9-6-3)83-77(80)71-68-65-62-59-56-53-50-47-44-41-34-32-29-26-23-20-17-14-11-8-5-2/h7-12,16-21,25-30,33-35,37-38,40-42,46-51,56-57,59-60,74H,4-6,13-15,22-24,31-32,36,39,43-45,52-55,58,61-73H2,1-3H3/b10-7-,11-8-,12-9-,19-16-,20-17-,21-18-,28-25-,29-26-,30-27-,35-33-,38-37-,41-34-,42-40-,49-46-,50-47-,51-48-,59-56-,60-57-. The molecule has 0 aliphatic rings. The summed E-state index contributed by atoms with van der Waals surface area (Å²) in [6.45, 7) is 6.17. The molecule has 0 aromatic rings. The van der Waals surface area contributed by atoms with Crippen molar-refractivity contribution < 1.29 is 28.6 Å². The van der Waals surface area contributed by atoms with Crippen LogP contribution in [0, 0.1) is 0 Å². The van der Waals surface area contributed by atoms with E-state index < -0.39 is 6.10 Å². The van der Waals surface area contributed by atoms with Gasteiger partial charge in [0.25, 0.3) is 0 Å². The van der Waals surface area contributed by atoms with Crippen LogP contribution in [0.15, 0.2) is 219 Å². The van der Waals surface area contributed by atoms with E-state index in [-0.39, 0.29) is 44.0 Å². The van der Waals surface area contributed by atoms with E-state index in [9.17, 15) is 14.4 Å². The lowest BCUT2D eigenvalue weighted by Gasteiger charge is -2.18. The molecule has 0 bridgehead atoms. The van der Waals surface area contributed by atoms with Crippen LogP contribution in [0.5, 0.6) is 0 Å². The van der Waals surface area contributed by atoms with Crippen LogP contribution in [0.4, 0.5) is 0 Å². The molecule has 83 heavy (non-hydrogen) atoms. The highest BCUT2D eigenvalue weighted by Gasteiger charge is 2.19. The molecule has 0 saturated carbocycles. The second-order valence-corrected chi connectivity index (χ2v) is 20.2. The van der Waals surface area contributed by atoms with E-state index in [0.29, 0.717) is 19.3 Å². The second-order valence-electron chi connectivity index (χ2n) is 20.2. The molecule has 458 valence electrons. The molecule has 0 saturated heterocycles. The summed E-state index contributed by atoms with van der Waals surface area (Å²) >= 11 is 0. The Bertz CT molecular complexity index is 2080. The maximum atomic E-state index is 12.9. The smallest absolute Gasteiger partial charge is 0.306 e. The molecule has 0 spiro atoms. The Morgan fingerprint density at radius 1 is 0.241 bits per heavy atom. The SMILES string of the molecule is CC/C=C\C/C=C\C/C=C\C/C=C\C/C=C\C/C=C\C/C=C\CCCCCCCC(=O)OCC(COC(=O)CCC/C=C\C/C=C\C/C=C\C/C=C\C/C=C\CC)OC(=O)CCCC/C=C\C/C=C\C/C=C\C/C=C\C/C=C\C/C=C\CC. The van der Waals surface area contributed by atoms with Crippen LogP contribution < -0.4 is 0 Å². The highest BCUT2D eigenvalue weighted by atomic mass is 16.6. The van der Waals surface area contributed by atoms with Gasteiger partial charge in [0.15, 0.2) is 6.10 Å². The quantitative estimate of drug-likeness (QED) is 0.0261. The van der Waals surface area contributed by atoms with Gasteiger partial charge in [-0.05, 0) is 167 Å². The zero-order valence-electron chi connectivity index (χ0n) is 52.4. The average Bonchev–Trinajstić information content (AvgIpc) is 3.49. The topological polar surface area (TPSA) is 78.9 Å². The molecule has 1 unspecified atom stereocenters. The van der Waals surface area contributed by atoms with Gasteiger partial charge in [-0.2, -0.15) is 0 Å². The Kier molecular flexibility index (Phi) is 63.1. The zero-order valence-corrected chi connectivity index (χ0v) is 52.4. The van der Waals surface area contributed by atoms with Gasteiger partial charge in [-0.1, -0.05) is 259 Å². The van der Waals surface area contributed by atoms with Crippen molar-refractivity contribution in [2.24, 2.45) is 0 Å². The molecule has 0 aromatic heterocycles. The van der Waals surface area contributed by atoms with E-state index in [0.717, 1.165) is 173 Å². The van der Waals surface area contributed by atoms with Crippen molar-refractivity contribution in [3.05, 3.63) is 219 Å². The Balaban J connectivity index is 4.61. The summed E-state index contributed by atoms with van der Waals surface area (Å²) < 4.78 is 16.8. The number of hydrogen-bond donors (Lipinski definition) is 0. The molecular weight excluding hydrogens is 1020 g/mol. The summed E-state index contributed by atoms with van der Waals surface area (Å²) in [7, 11) is 0. The number of unbranched alkanes of at least 4 members (excludes halogenated alkanes) is 8. The second kappa shape index (κ2) is 68.2. The van der Waals surface area contributed by atoms with Crippen molar-refractivity contribution in [1.29, 1.82) is 0 Å². The Hall–Kier alpha value is -6.27. The van der Waals surface area contributed by atoms with Gasteiger partial charge in [-0.25, -0.2) is 0 Å². The number of hydrogen-bond acceptors (Lipinski definition) is 6. The lowest BCUT2D eigenvalue weighted by atomic mass is 10.1. The Morgan fingerprint density at radius 3 is 0.747 bits per heavy atom. The summed E-state index contributed by atoms with van der Waals surface area (Å²) in [5.41, 5.74) is 0. The first-order valence-electron chi connectivity index (χ1n) is 32.2. The number of esters is 3. The normalized spacial score (nSPS) is 13.6. The van der Waals surface area contributed by atoms with Crippen LogP contribution >= 0.6 is 0 Å². The predicted octanol–water partition coefficient (Wildman–Crippen LogP) is 22.5. The van der Waals surface area contributed by atoms with E-state index in [4.69, 9.17) is 14.2 Å². The fourth-order valence-electron chi connectivity index (χ4n) is 7.75. The monoisotopic (exact) mass is 1130 g/mol. The van der Waals surface area contributed by atoms with Crippen LogP contribution in [-0.2, 0) is 28.6 Å². The number of rotatable bonds is 55. The third-order valence-electron chi connectivity index (χ3n) is 12.5. The minimum absolute atomic E-state index is 0.138. The summed E-state index contributed by atoms with van der Waals surface area (Å²) in [6, 6.07) is 0. The molecule has 0 aliphatic carbocycles. The first kappa shape index (κ1) is 76.7. The number of carbonyl (C=O) groups is 3. The number of carbonyl (C=O) groups excluding carboxylic acids is 3. The third kappa shape index (κ3) is 66.4. The van der Waals surface area contributed by atoms with Crippen LogP contribution in [0.25, 0.3) is 0 Å². The number of ether oxygens (including phenoxy) is 3. The van der Waals surface area contributed by atoms with Gasteiger partial charge in [0, 0.05) is 19.3 Å². The molecule has 0 rings (SSSR count). The van der Waals surface area contributed by atoms with Crippen LogP contribution in [0.1, 0.15) is 226 Å². The molecule has 0 amide bonds. The molecule has 0 fully saturated rings. The maximum absolute atomic E-state index is 12.9. The summed E-state index contributed by atoms with van der Waals surface area (Å²) in [5, 5.41) is 0. The summed E-state index contributed by atoms with van der Waals surface area (Å²) in [5.74, 6) is -1.07. The van der Waals surface area contributed by atoms with Gasteiger partial charge in [-0.15, -0.1) is 0 Å². The van der Waals surface area contributed by atoms with Gasteiger partial charge >= 0.3 is 17.9 Å². The minimum atomic E-state index is -0.850. The Labute approximate surface area is 508 Å². The van der Waals surface area contributed by atoms with Crippen molar-refractivity contribution in [1.82, 2.24) is 0 Å². The van der Waals surface area contributed by atoms with E-state index in [2.05, 4.69) is 240 Å². The van der Waals surface area contributed by atoms with Gasteiger partial charge in [0.2, 0.25) is 0 Å². The largest absolute Gasteiger partial charge is 0.462 e. The molecule has 0 radical (unpaired) electrons. The van der Waals surface area contributed by atoms with Gasteiger partial charge < -0.3 is 14.2 Å². The van der Waals surface area contributed by atoms with Crippen molar-refractivity contribution in [3.63, 3.8) is 0 Å². The van der Waals surface area contributed by atoms with Gasteiger partial charge in [0.1, 0.15) is 13.2 Å². The molecule has 0 aliphatic heterocycles. The minimum Gasteiger partial charge on any atom is -0.462 e. The fourth-order valence-corrected chi connectivity index (χ4v) is 7.75. The molecule has 0 heterocycles. The molecular formula is C77H114O6. The highest BCUT2D eigenvalue weighted by molar-refractivity contribution is 5.71. The summed E-state index contributed by atoms with van der Waals surface area (Å²) in [6.07, 6.45) is 107. The first-order valence-corrected chi connectivity index (χ1v) is 32.2. The van der Waals surface area contributed by atoms with E-state index in [1.807, 2.05) is 0 Å². The molecule has 6 heteroatoms. The average molecular weight is 1140 g/mol. The molecule has 6 nitrogen and oxygen atoms in total. The van der Waals surface area contributed by atoms with Crippen molar-refractivity contribution in [2.75, 3.05) is 13.2 Å². The van der Waals surface area contributed by atoms with Crippen LogP contribution in [0.2, 0.25) is 0 Å². The van der Waals surface area contributed by atoms with E-state index >= 15 is 0 Å². The fraction of sp³-hybridized carbons (Fsp3) is 0.494. The van der Waals surface area contributed by atoms with Crippen LogP contribution in [0.3, 0.4) is 0 Å². The van der Waals surface area contributed by atoms with Gasteiger partial charge in [0.05, 0.1) is 0 Å². The lowest BCUT2D eigenvalue weighted by Crippen LogP contribution is -2.30. The van der Waals surface area contributed by atoms with Gasteiger partial charge in [-0.3, -0.25) is 14.4 Å². The predicted molar refractivity (Wildman–Crippen MR) is 361 cm³/mol. The third-order valence-corrected chi connectivity index (χ3v) is 12.5. The van der Waals surface area contributed by atoms with Crippen molar-refractivity contribution >= 4 is 17.9 Å². The summed E-state index contributed by atoms with van der Waals surface area (Å²) in [4.78, 5) is 38.3. The highest BCUT2D eigenvalue weighted by Crippen LogP contribution is 2.12. The Morgan fingerprint density at radius 2 is 0.446 bits per heavy atom. The van der Waals surface area contributed by atoms with E-state index in [1.54, 1.807) is 0 Å². The molecule has 1 atom stereocenters. The van der Waals surface area contributed by atoms with Crippen LogP contribution in [-0.4, -0.2) is 37.2 Å². The zero-order chi connectivity index (χ0) is 59.9.